The Balaban J connectivity index is 2.06. The first-order valence-electron chi connectivity index (χ1n) is 4.69. The molecule has 14 heavy (non-hydrogen) atoms. The lowest BCUT2D eigenvalue weighted by molar-refractivity contribution is -0.0880. The largest absolute Gasteiger partial charge is 0.356 e. The van der Waals surface area contributed by atoms with E-state index in [2.05, 4.69) is 46.9 Å². The number of benzene rings is 1. The molecule has 1 aliphatic rings. The van der Waals surface area contributed by atoms with Gasteiger partial charge in [0.25, 0.3) is 0 Å². The third-order valence-corrected chi connectivity index (χ3v) is 3.28. The minimum absolute atomic E-state index is 0.0146. The van der Waals surface area contributed by atoms with Gasteiger partial charge in [0.1, 0.15) is 0 Å². The van der Waals surface area contributed by atoms with E-state index >= 15 is 0 Å². The van der Waals surface area contributed by atoms with Crippen LogP contribution in [0.1, 0.15) is 17.9 Å². The fourth-order valence-electron chi connectivity index (χ4n) is 1.72. The Morgan fingerprint density at radius 3 is 2.64 bits per heavy atom. The molecule has 0 N–H and O–H groups in total. The zero-order valence-electron chi connectivity index (χ0n) is 8.07. The van der Waals surface area contributed by atoms with Crippen molar-refractivity contribution in [2.24, 2.45) is 0 Å². The van der Waals surface area contributed by atoms with Crippen LogP contribution in [0.15, 0.2) is 24.3 Å². The van der Waals surface area contributed by atoms with Crippen molar-refractivity contribution in [3.63, 3.8) is 0 Å². The fourth-order valence-corrected chi connectivity index (χ4v) is 2.08. The van der Waals surface area contributed by atoms with E-state index in [4.69, 9.17) is 9.47 Å². The summed E-state index contributed by atoms with van der Waals surface area (Å²) in [7, 11) is 1.70. The van der Waals surface area contributed by atoms with Crippen LogP contribution >= 0.6 is 22.6 Å². The molecular weight excluding hydrogens is 291 g/mol. The molecule has 0 radical (unpaired) electrons. The standard InChI is InChI=1S/C11H13IO2/c1-13-11-6-9(7-14-11)8-2-4-10(12)5-3-8/h2-5,9,11H,6-7H2,1H3/t9-,11+/m0/s1. The van der Waals surface area contributed by atoms with Crippen LogP contribution in [0.5, 0.6) is 0 Å². The Morgan fingerprint density at radius 1 is 1.36 bits per heavy atom. The molecule has 2 rings (SSSR count). The number of halogens is 1. The predicted molar refractivity (Wildman–Crippen MR) is 63.3 cm³/mol. The quantitative estimate of drug-likeness (QED) is 0.782. The predicted octanol–water partition coefficient (Wildman–Crippen LogP) is 2.77. The van der Waals surface area contributed by atoms with Crippen molar-refractivity contribution in [2.75, 3.05) is 13.7 Å². The summed E-state index contributed by atoms with van der Waals surface area (Å²) < 4.78 is 11.9. The van der Waals surface area contributed by atoms with Gasteiger partial charge < -0.3 is 9.47 Å². The van der Waals surface area contributed by atoms with Crippen molar-refractivity contribution in [3.8, 4) is 0 Å². The molecule has 0 aliphatic carbocycles. The van der Waals surface area contributed by atoms with E-state index < -0.39 is 0 Å². The average Bonchev–Trinajstić information content (AvgIpc) is 2.67. The summed E-state index contributed by atoms with van der Waals surface area (Å²) in [5.41, 5.74) is 1.35. The minimum atomic E-state index is -0.0146. The summed E-state index contributed by atoms with van der Waals surface area (Å²) in [6.07, 6.45) is 0.955. The molecular formula is C11H13IO2. The minimum Gasteiger partial charge on any atom is -0.356 e. The summed E-state index contributed by atoms with van der Waals surface area (Å²) in [6.45, 7) is 0.777. The second kappa shape index (κ2) is 4.59. The smallest absolute Gasteiger partial charge is 0.157 e. The van der Waals surface area contributed by atoms with Gasteiger partial charge in [-0.1, -0.05) is 12.1 Å². The molecule has 1 aromatic carbocycles. The Morgan fingerprint density at radius 2 is 2.07 bits per heavy atom. The molecule has 1 saturated heterocycles. The highest BCUT2D eigenvalue weighted by molar-refractivity contribution is 14.1. The molecule has 0 spiro atoms. The van der Waals surface area contributed by atoms with Gasteiger partial charge in [0.2, 0.25) is 0 Å². The van der Waals surface area contributed by atoms with Crippen LogP contribution in [0.25, 0.3) is 0 Å². The summed E-state index contributed by atoms with van der Waals surface area (Å²) in [5.74, 6) is 0.497. The molecule has 76 valence electrons. The van der Waals surface area contributed by atoms with Gasteiger partial charge in [-0.25, -0.2) is 0 Å². The molecule has 0 unspecified atom stereocenters. The lowest BCUT2D eigenvalue weighted by Crippen LogP contribution is -2.06. The monoisotopic (exact) mass is 304 g/mol. The SMILES string of the molecule is CO[C@H]1C[C@H](c2ccc(I)cc2)CO1. The van der Waals surface area contributed by atoms with Crippen LogP contribution in [0.4, 0.5) is 0 Å². The van der Waals surface area contributed by atoms with Gasteiger partial charge in [0.15, 0.2) is 6.29 Å². The molecule has 2 atom stereocenters. The van der Waals surface area contributed by atoms with Gasteiger partial charge in [-0.3, -0.25) is 0 Å². The van der Waals surface area contributed by atoms with E-state index in [1.807, 2.05) is 0 Å². The summed E-state index contributed by atoms with van der Waals surface area (Å²) in [4.78, 5) is 0. The van der Waals surface area contributed by atoms with E-state index in [0.29, 0.717) is 5.92 Å². The highest BCUT2D eigenvalue weighted by Crippen LogP contribution is 2.29. The van der Waals surface area contributed by atoms with Gasteiger partial charge in [-0.15, -0.1) is 0 Å². The van der Waals surface area contributed by atoms with Crippen molar-refractivity contribution in [1.29, 1.82) is 0 Å². The Hall–Kier alpha value is -0.130. The van der Waals surface area contributed by atoms with E-state index in [9.17, 15) is 0 Å². The topological polar surface area (TPSA) is 18.5 Å². The Labute approximate surface area is 97.7 Å². The number of ether oxygens (including phenoxy) is 2. The molecule has 0 bridgehead atoms. The van der Waals surface area contributed by atoms with Gasteiger partial charge in [-0.05, 0) is 40.3 Å². The van der Waals surface area contributed by atoms with E-state index in [1.165, 1.54) is 9.13 Å². The highest BCUT2D eigenvalue weighted by Gasteiger charge is 2.26. The zero-order valence-corrected chi connectivity index (χ0v) is 10.2. The van der Waals surface area contributed by atoms with Crippen LogP contribution in [-0.2, 0) is 9.47 Å². The van der Waals surface area contributed by atoms with E-state index in [-0.39, 0.29) is 6.29 Å². The molecule has 2 nitrogen and oxygen atoms in total. The normalized spacial score (nSPS) is 26.7. The number of hydrogen-bond donors (Lipinski definition) is 0. The van der Waals surface area contributed by atoms with Gasteiger partial charge >= 0.3 is 0 Å². The number of hydrogen-bond acceptors (Lipinski definition) is 2. The van der Waals surface area contributed by atoms with Crippen LogP contribution in [0.2, 0.25) is 0 Å². The third-order valence-electron chi connectivity index (χ3n) is 2.56. The summed E-state index contributed by atoms with van der Waals surface area (Å²) >= 11 is 2.32. The summed E-state index contributed by atoms with van der Waals surface area (Å²) in [5, 5.41) is 0. The maximum atomic E-state index is 5.48. The second-order valence-corrected chi connectivity index (χ2v) is 4.73. The van der Waals surface area contributed by atoms with Crippen molar-refractivity contribution >= 4 is 22.6 Å². The van der Waals surface area contributed by atoms with E-state index in [1.54, 1.807) is 7.11 Å². The van der Waals surface area contributed by atoms with Gasteiger partial charge in [0, 0.05) is 23.0 Å². The van der Waals surface area contributed by atoms with Crippen molar-refractivity contribution in [3.05, 3.63) is 33.4 Å². The van der Waals surface area contributed by atoms with Crippen LogP contribution in [0.3, 0.4) is 0 Å². The van der Waals surface area contributed by atoms with Crippen LogP contribution in [0, 0.1) is 3.57 Å². The van der Waals surface area contributed by atoms with Crippen molar-refractivity contribution in [2.45, 2.75) is 18.6 Å². The van der Waals surface area contributed by atoms with Gasteiger partial charge in [0.05, 0.1) is 6.61 Å². The molecule has 0 amide bonds. The fraction of sp³-hybridized carbons (Fsp3) is 0.455. The molecule has 1 aromatic rings. The first-order valence-corrected chi connectivity index (χ1v) is 5.77. The van der Waals surface area contributed by atoms with Gasteiger partial charge in [-0.2, -0.15) is 0 Å². The average molecular weight is 304 g/mol. The molecule has 0 aromatic heterocycles. The molecule has 0 saturated carbocycles. The van der Waals surface area contributed by atoms with E-state index in [0.717, 1.165) is 13.0 Å². The molecule has 1 heterocycles. The van der Waals surface area contributed by atoms with Crippen LogP contribution < -0.4 is 0 Å². The third kappa shape index (κ3) is 2.27. The van der Waals surface area contributed by atoms with Crippen LogP contribution in [-0.4, -0.2) is 20.0 Å². The molecule has 1 fully saturated rings. The first kappa shape index (κ1) is 10.4. The number of rotatable bonds is 2. The second-order valence-electron chi connectivity index (χ2n) is 3.48. The Kier molecular flexibility index (Phi) is 3.41. The lowest BCUT2D eigenvalue weighted by atomic mass is 9.98. The van der Waals surface area contributed by atoms with Crippen molar-refractivity contribution < 1.29 is 9.47 Å². The lowest BCUT2D eigenvalue weighted by Gasteiger charge is -2.08. The summed E-state index contributed by atoms with van der Waals surface area (Å²) in [6, 6.07) is 8.62. The number of methoxy groups -OCH3 is 1. The first-order chi connectivity index (χ1) is 6.79. The maximum Gasteiger partial charge on any atom is 0.157 e. The molecule has 1 aliphatic heterocycles. The highest BCUT2D eigenvalue weighted by atomic mass is 127. The van der Waals surface area contributed by atoms with Crippen molar-refractivity contribution in [1.82, 2.24) is 0 Å². The molecule has 3 heteroatoms. The Bertz CT molecular complexity index is 297. The maximum absolute atomic E-state index is 5.48. The zero-order chi connectivity index (χ0) is 9.97.